The van der Waals surface area contributed by atoms with E-state index in [0.29, 0.717) is 23.2 Å². The Bertz CT molecular complexity index is 1400. The quantitative estimate of drug-likeness (QED) is 0.418. The Labute approximate surface area is 222 Å². The zero-order valence-corrected chi connectivity index (χ0v) is 22.1. The molecule has 0 radical (unpaired) electrons. The lowest BCUT2D eigenvalue weighted by molar-refractivity contribution is -0.111. The summed E-state index contributed by atoms with van der Waals surface area (Å²) in [5.41, 5.74) is 4.56. The van der Waals surface area contributed by atoms with Gasteiger partial charge in [-0.2, -0.15) is 5.10 Å². The Morgan fingerprint density at radius 1 is 1.24 bits per heavy atom. The van der Waals surface area contributed by atoms with Crippen LogP contribution in [0.4, 0.5) is 17.1 Å². The van der Waals surface area contributed by atoms with Crippen LogP contribution in [-0.2, 0) is 16.6 Å². The number of nitrogens with one attached hydrogen (secondary N) is 2. The summed E-state index contributed by atoms with van der Waals surface area (Å²) in [7, 11) is 5.63. The average molecular weight is 515 g/mol. The van der Waals surface area contributed by atoms with Crippen LogP contribution in [0, 0.1) is 0 Å². The number of amides is 1. The molecule has 0 bridgehead atoms. The molecule has 3 heterocycles. The van der Waals surface area contributed by atoms with Crippen LogP contribution in [-0.4, -0.2) is 55.3 Å². The molecule has 2 N–H and O–H groups in total. The Morgan fingerprint density at radius 2 is 2.05 bits per heavy atom. The molecule has 0 saturated carbocycles. The van der Waals surface area contributed by atoms with Crippen LogP contribution in [0.1, 0.15) is 30.7 Å². The normalized spacial score (nSPS) is 17.7. The third kappa shape index (κ3) is 5.28. The molecule has 3 aromatic rings. The van der Waals surface area contributed by atoms with Crippen molar-refractivity contribution in [3.63, 3.8) is 0 Å². The van der Waals surface area contributed by atoms with E-state index in [1.54, 1.807) is 7.11 Å². The molecule has 198 valence electrons. The number of ether oxygens (including phenoxy) is 2. The molecule has 38 heavy (non-hydrogen) atoms. The van der Waals surface area contributed by atoms with E-state index in [2.05, 4.69) is 56.5 Å². The predicted octanol–water partition coefficient (Wildman–Crippen LogP) is 4.83. The summed E-state index contributed by atoms with van der Waals surface area (Å²) < 4.78 is 13.2. The molecule has 1 unspecified atom stereocenters. The first kappa shape index (κ1) is 25.5. The Balaban J connectivity index is 1.45. The number of hydrogen-bond donors (Lipinski definition) is 2. The summed E-state index contributed by atoms with van der Waals surface area (Å²) in [4.78, 5) is 19.1. The average Bonchev–Trinajstić information content (AvgIpc) is 3.33. The third-order valence-corrected chi connectivity index (χ3v) is 7.29. The molecule has 1 aromatic heterocycles. The Morgan fingerprint density at radius 3 is 2.82 bits per heavy atom. The lowest BCUT2D eigenvalue weighted by Crippen LogP contribution is -2.37. The summed E-state index contributed by atoms with van der Waals surface area (Å²) in [5.74, 6) is 1.27. The van der Waals surface area contributed by atoms with Gasteiger partial charge in [-0.15, -0.1) is 0 Å². The molecular weight excluding hydrogens is 480 g/mol. The number of nitrogens with zero attached hydrogens (tertiary/aromatic N) is 4. The van der Waals surface area contributed by atoms with Crippen molar-refractivity contribution in [2.24, 2.45) is 12.0 Å². The minimum Gasteiger partial charge on any atom is -0.494 e. The maximum Gasteiger partial charge on any atom is 0.247 e. The first-order valence-corrected chi connectivity index (χ1v) is 12.9. The largest absolute Gasteiger partial charge is 0.494 e. The highest BCUT2D eigenvalue weighted by Crippen LogP contribution is 2.39. The standard InChI is InChI=1S/C29H34N6O3/c1-5-29(36)33-23-16-24(27(37-4)17-26(23)34(2)22-9-12-38-13-10-22)32-28-15-20(8-11-30-28)19-6-7-25-21(14-19)18-31-35(25)3/h5-7,11,14-18,20,22,32H,1,8-10,12-13H2,2-4H3,(H,33,36). The lowest BCUT2D eigenvalue weighted by Gasteiger charge is -2.34. The van der Waals surface area contributed by atoms with Crippen LogP contribution in [0.5, 0.6) is 5.75 Å². The monoisotopic (exact) mass is 514 g/mol. The van der Waals surface area contributed by atoms with Crippen LogP contribution in [0.2, 0.25) is 0 Å². The van der Waals surface area contributed by atoms with E-state index in [4.69, 9.17) is 9.47 Å². The van der Waals surface area contributed by atoms with Gasteiger partial charge in [0.25, 0.3) is 0 Å². The number of aliphatic imine (C=N–C) groups is 1. The second kappa shape index (κ2) is 11.1. The van der Waals surface area contributed by atoms with Crippen molar-refractivity contribution in [1.29, 1.82) is 0 Å². The van der Waals surface area contributed by atoms with E-state index in [0.717, 1.165) is 54.9 Å². The number of anilines is 3. The molecule has 9 heteroatoms. The number of carbonyl (C=O) groups is 1. The smallest absolute Gasteiger partial charge is 0.247 e. The molecule has 1 amide bonds. The minimum atomic E-state index is -0.275. The van der Waals surface area contributed by atoms with E-state index in [-0.39, 0.29) is 11.8 Å². The van der Waals surface area contributed by atoms with Gasteiger partial charge in [-0.3, -0.25) is 9.48 Å². The van der Waals surface area contributed by atoms with E-state index >= 15 is 0 Å². The maximum atomic E-state index is 12.3. The van der Waals surface area contributed by atoms with Gasteiger partial charge in [-0.05, 0) is 55.2 Å². The Hall–Kier alpha value is -4.11. The SMILES string of the molecule is C=CC(=O)Nc1cc(NC2=CC(c3ccc4c(cnn4C)c3)CC=N2)c(OC)cc1N(C)C1CCOCC1. The molecule has 2 aliphatic heterocycles. The second-order valence-corrected chi connectivity index (χ2v) is 9.63. The van der Waals surface area contributed by atoms with Crippen LogP contribution in [0.25, 0.3) is 10.9 Å². The summed E-state index contributed by atoms with van der Waals surface area (Å²) >= 11 is 0. The minimum absolute atomic E-state index is 0.171. The van der Waals surface area contributed by atoms with Crippen LogP contribution < -0.4 is 20.3 Å². The molecule has 1 saturated heterocycles. The molecule has 2 aliphatic rings. The van der Waals surface area contributed by atoms with E-state index < -0.39 is 0 Å². The van der Waals surface area contributed by atoms with Crippen molar-refractivity contribution >= 4 is 40.1 Å². The number of aromatic nitrogens is 2. The lowest BCUT2D eigenvalue weighted by atomic mass is 9.93. The Kier molecular flexibility index (Phi) is 7.46. The zero-order valence-electron chi connectivity index (χ0n) is 22.1. The van der Waals surface area contributed by atoms with Gasteiger partial charge in [-0.1, -0.05) is 12.6 Å². The molecule has 1 atom stereocenters. The van der Waals surface area contributed by atoms with Gasteiger partial charge < -0.3 is 25.0 Å². The third-order valence-electron chi connectivity index (χ3n) is 7.29. The summed E-state index contributed by atoms with van der Waals surface area (Å²) in [6, 6.07) is 10.6. The highest BCUT2D eigenvalue weighted by Gasteiger charge is 2.24. The van der Waals surface area contributed by atoms with E-state index in [9.17, 15) is 4.79 Å². The highest BCUT2D eigenvalue weighted by molar-refractivity contribution is 6.02. The second-order valence-electron chi connectivity index (χ2n) is 9.63. The zero-order chi connectivity index (χ0) is 26.6. The number of aryl methyl sites for hydroxylation is 1. The van der Waals surface area contributed by atoms with E-state index in [1.165, 1.54) is 11.6 Å². The fraction of sp³-hybridized carbons (Fsp3) is 0.345. The van der Waals surface area contributed by atoms with Gasteiger partial charge in [0.1, 0.15) is 11.6 Å². The summed E-state index contributed by atoms with van der Waals surface area (Å²) in [6.45, 7) is 5.06. The summed E-state index contributed by atoms with van der Waals surface area (Å²) in [6.07, 6.45) is 9.86. The first-order chi connectivity index (χ1) is 18.5. The number of hydrogen-bond acceptors (Lipinski definition) is 7. The van der Waals surface area contributed by atoms with Crippen molar-refractivity contribution < 1.29 is 14.3 Å². The van der Waals surface area contributed by atoms with Gasteiger partial charge in [0, 0.05) is 56.9 Å². The molecular formula is C29H34N6O3. The van der Waals surface area contributed by atoms with Crippen molar-refractivity contribution in [2.45, 2.75) is 31.2 Å². The van der Waals surface area contributed by atoms with Crippen molar-refractivity contribution in [2.75, 3.05) is 42.9 Å². The van der Waals surface area contributed by atoms with Crippen molar-refractivity contribution in [3.8, 4) is 5.75 Å². The number of fused-ring (bicyclic) bond motifs is 1. The number of methoxy groups -OCH3 is 1. The first-order valence-electron chi connectivity index (χ1n) is 12.9. The van der Waals surface area contributed by atoms with E-state index in [1.807, 2.05) is 43.3 Å². The molecule has 1 fully saturated rings. The summed E-state index contributed by atoms with van der Waals surface area (Å²) in [5, 5.41) is 11.9. The van der Waals surface area contributed by atoms with Gasteiger partial charge in [0.2, 0.25) is 5.91 Å². The fourth-order valence-electron chi connectivity index (χ4n) is 5.10. The topological polar surface area (TPSA) is 93.0 Å². The molecule has 2 aromatic carbocycles. The van der Waals surface area contributed by atoms with Crippen LogP contribution in [0.3, 0.4) is 0 Å². The van der Waals surface area contributed by atoms with Crippen molar-refractivity contribution in [3.05, 3.63) is 66.6 Å². The number of benzene rings is 2. The molecule has 9 nitrogen and oxygen atoms in total. The number of allylic oxidation sites excluding steroid dienone is 1. The molecule has 0 spiro atoms. The predicted molar refractivity (Wildman–Crippen MR) is 152 cm³/mol. The number of carbonyl (C=O) groups excluding carboxylic acids is 1. The van der Waals surface area contributed by atoms with Gasteiger partial charge >= 0.3 is 0 Å². The van der Waals surface area contributed by atoms with Crippen molar-refractivity contribution in [1.82, 2.24) is 9.78 Å². The molecule has 5 rings (SSSR count). The van der Waals surface area contributed by atoms with Gasteiger partial charge in [0.05, 0.1) is 35.9 Å². The maximum absolute atomic E-state index is 12.3. The fourth-order valence-corrected chi connectivity index (χ4v) is 5.10. The number of rotatable bonds is 8. The van der Waals surface area contributed by atoms with Crippen LogP contribution >= 0.6 is 0 Å². The van der Waals surface area contributed by atoms with Crippen LogP contribution in [0.15, 0.2) is 66.1 Å². The van der Waals surface area contributed by atoms with Gasteiger partial charge in [0.15, 0.2) is 0 Å². The molecule has 0 aliphatic carbocycles. The highest BCUT2D eigenvalue weighted by atomic mass is 16.5. The van der Waals surface area contributed by atoms with Gasteiger partial charge in [-0.25, -0.2) is 4.99 Å².